The third kappa shape index (κ3) is 2.03. The van der Waals surface area contributed by atoms with Crippen LogP contribution >= 0.6 is 0 Å². The summed E-state index contributed by atoms with van der Waals surface area (Å²) in [6.07, 6.45) is 6.85. The van der Waals surface area contributed by atoms with E-state index >= 15 is 0 Å². The van der Waals surface area contributed by atoms with Crippen LogP contribution in [0.15, 0.2) is 36.5 Å². The zero-order valence-electron chi connectivity index (χ0n) is 9.82. The second-order valence-electron chi connectivity index (χ2n) is 4.66. The summed E-state index contributed by atoms with van der Waals surface area (Å²) in [5.41, 5.74) is 11.2. The fourth-order valence-electron chi connectivity index (χ4n) is 2.54. The van der Waals surface area contributed by atoms with Gasteiger partial charge >= 0.3 is 0 Å². The number of hydrogen-bond donors (Lipinski definition) is 1. The van der Waals surface area contributed by atoms with Gasteiger partial charge in [0, 0.05) is 6.20 Å². The Hall–Kier alpha value is -1.83. The predicted octanol–water partition coefficient (Wildman–Crippen LogP) is 3.21. The molecule has 1 aromatic heterocycles. The Morgan fingerprint density at radius 3 is 2.47 bits per heavy atom. The van der Waals surface area contributed by atoms with Gasteiger partial charge in [-0.05, 0) is 60.1 Å². The molecular formula is C15H16N2. The van der Waals surface area contributed by atoms with Crippen LogP contribution in [0.3, 0.4) is 0 Å². The van der Waals surface area contributed by atoms with E-state index in [0.29, 0.717) is 5.82 Å². The van der Waals surface area contributed by atoms with Gasteiger partial charge in [-0.15, -0.1) is 0 Å². The van der Waals surface area contributed by atoms with Gasteiger partial charge < -0.3 is 5.73 Å². The molecule has 2 heteroatoms. The molecule has 86 valence electrons. The van der Waals surface area contributed by atoms with Crippen molar-refractivity contribution in [1.29, 1.82) is 0 Å². The predicted molar refractivity (Wildman–Crippen MR) is 70.7 cm³/mol. The fraction of sp³-hybridized carbons (Fsp3) is 0.267. The van der Waals surface area contributed by atoms with Crippen molar-refractivity contribution in [2.24, 2.45) is 0 Å². The van der Waals surface area contributed by atoms with E-state index in [0.717, 1.165) is 5.56 Å². The van der Waals surface area contributed by atoms with E-state index in [1.54, 1.807) is 6.20 Å². The molecule has 1 aliphatic rings. The first-order chi connectivity index (χ1) is 8.33. The van der Waals surface area contributed by atoms with Crippen molar-refractivity contribution in [3.8, 4) is 11.1 Å². The number of aromatic nitrogens is 1. The number of aryl methyl sites for hydroxylation is 2. The van der Waals surface area contributed by atoms with Crippen molar-refractivity contribution in [2.75, 3.05) is 5.73 Å². The van der Waals surface area contributed by atoms with E-state index in [9.17, 15) is 0 Å². The molecule has 1 heterocycles. The van der Waals surface area contributed by atoms with Crippen molar-refractivity contribution >= 4 is 5.82 Å². The molecule has 0 radical (unpaired) electrons. The summed E-state index contributed by atoms with van der Waals surface area (Å²) in [6.45, 7) is 0. The topological polar surface area (TPSA) is 38.9 Å². The van der Waals surface area contributed by atoms with Gasteiger partial charge in [-0.25, -0.2) is 4.98 Å². The molecule has 2 aromatic rings. The average molecular weight is 224 g/mol. The third-order valence-electron chi connectivity index (χ3n) is 3.46. The van der Waals surface area contributed by atoms with Crippen molar-refractivity contribution in [3.05, 3.63) is 47.7 Å². The lowest BCUT2D eigenvalue weighted by Gasteiger charge is -2.16. The van der Waals surface area contributed by atoms with Crippen LogP contribution in [0, 0.1) is 0 Å². The average Bonchev–Trinajstić information content (AvgIpc) is 2.38. The highest BCUT2D eigenvalue weighted by molar-refractivity contribution is 5.67. The zero-order chi connectivity index (χ0) is 11.7. The first kappa shape index (κ1) is 10.3. The van der Waals surface area contributed by atoms with E-state index < -0.39 is 0 Å². The minimum Gasteiger partial charge on any atom is -0.384 e. The molecule has 0 bridgehead atoms. The fourth-order valence-corrected chi connectivity index (χ4v) is 2.54. The van der Waals surface area contributed by atoms with Crippen LogP contribution in [-0.2, 0) is 12.8 Å². The van der Waals surface area contributed by atoms with Crippen LogP contribution in [-0.4, -0.2) is 4.98 Å². The van der Waals surface area contributed by atoms with Gasteiger partial charge in [0.25, 0.3) is 0 Å². The molecule has 2 N–H and O–H groups in total. The minimum atomic E-state index is 0.584. The zero-order valence-corrected chi connectivity index (χ0v) is 9.82. The molecule has 0 atom stereocenters. The lowest BCUT2D eigenvalue weighted by Crippen LogP contribution is -2.02. The molecule has 2 nitrogen and oxygen atoms in total. The number of hydrogen-bond acceptors (Lipinski definition) is 2. The molecule has 0 amide bonds. The van der Waals surface area contributed by atoms with Gasteiger partial charge in [-0.2, -0.15) is 0 Å². The molecule has 0 fully saturated rings. The first-order valence-corrected chi connectivity index (χ1v) is 6.16. The maximum absolute atomic E-state index is 5.72. The van der Waals surface area contributed by atoms with Crippen LogP contribution in [0.25, 0.3) is 11.1 Å². The SMILES string of the molecule is Nc1cc(-c2ccc3c(c2)CCCC3)ccn1. The summed E-state index contributed by atoms with van der Waals surface area (Å²) in [6, 6.07) is 10.7. The van der Waals surface area contributed by atoms with E-state index in [1.807, 2.05) is 12.1 Å². The summed E-state index contributed by atoms with van der Waals surface area (Å²) in [5.74, 6) is 0.584. The summed E-state index contributed by atoms with van der Waals surface area (Å²) >= 11 is 0. The first-order valence-electron chi connectivity index (χ1n) is 6.16. The Morgan fingerprint density at radius 1 is 0.882 bits per heavy atom. The molecule has 17 heavy (non-hydrogen) atoms. The lowest BCUT2D eigenvalue weighted by molar-refractivity contribution is 0.686. The summed E-state index contributed by atoms with van der Waals surface area (Å²) in [7, 11) is 0. The van der Waals surface area contributed by atoms with Crippen molar-refractivity contribution in [2.45, 2.75) is 25.7 Å². The molecule has 0 saturated heterocycles. The number of anilines is 1. The normalized spacial score (nSPS) is 14.4. The van der Waals surface area contributed by atoms with Crippen molar-refractivity contribution in [1.82, 2.24) is 4.98 Å². The van der Waals surface area contributed by atoms with Crippen LogP contribution in [0.4, 0.5) is 5.82 Å². The number of benzene rings is 1. The summed E-state index contributed by atoms with van der Waals surface area (Å²) in [4.78, 5) is 4.03. The molecule has 3 rings (SSSR count). The van der Waals surface area contributed by atoms with E-state index in [1.165, 1.54) is 42.4 Å². The largest absolute Gasteiger partial charge is 0.384 e. The molecule has 0 spiro atoms. The number of pyridine rings is 1. The summed E-state index contributed by atoms with van der Waals surface area (Å²) in [5, 5.41) is 0. The Morgan fingerprint density at radius 2 is 1.65 bits per heavy atom. The van der Waals surface area contributed by atoms with Crippen molar-refractivity contribution < 1.29 is 0 Å². The van der Waals surface area contributed by atoms with Crippen LogP contribution in [0.1, 0.15) is 24.0 Å². The van der Waals surface area contributed by atoms with Gasteiger partial charge in [-0.3, -0.25) is 0 Å². The van der Waals surface area contributed by atoms with E-state index in [4.69, 9.17) is 5.73 Å². The minimum absolute atomic E-state index is 0.584. The van der Waals surface area contributed by atoms with E-state index in [-0.39, 0.29) is 0 Å². The highest BCUT2D eigenvalue weighted by Gasteiger charge is 2.10. The van der Waals surface area contributed by atoms with Crippen molar-refractivity contribution in [3.63, 3.8) is 0 Å². The van der Waals surface area contributed by atoms with E-state index in [2.05, 4.69) is 23.2 Å². The second kappa shape index (κ2) is 4.21. The Balaban J connectivity index is 2.04. The Labute approximate surface area is 102 Å². The third-order valence-corrected chi connectivity index (χ3v) is 3.46. The number of nitrogen functional groups attached to an aromatic ring is 1. The van der Waals surface area contributed by atoms with Crippen LogP contribution in [0.2, 0.25) is 0 Å². The highest BCUT2D eigenvalue weighted by Crippen LogP contribution is 2.27. The maximum Gasteiger partial charge on any atom is 0.123 e. The van der Waals surface area contributed by atoms with Gasteiger partial charge in [0.05, 0.1) is 0 Å². The maximum atomic E-state index is 5.72. The number of rotatable bonds is 1. The molecule has 0 unspecified atom stereocenters. The van der Waals surface area contributed by atoms with Gasteiger partial charge in [-0.1, -0.05) is 18.2 Å². The molecule has 1 aliphatic carbocycles. The van der Waals surface area contributed by atoms with Gasteiger partial charge in [0.1, 0.15) is 5.82 Å². The van der Waals surface area contributed by atoms with Crippen LogP contribution in [0.5, 0.6) is 0 Å². The van der Waals surface area contributed by atoms with Crippen LogP contribution < -0.4 is 5.73 Å². The monoisotopic (exact) mass is 224 g/mol. The molecular weight excluding hydrogens is 208 g/mol. The lowest BCUT2D eigenvalue weighted by atomic mass is 9.89. The standard InChI is InChI=1S/C15H16N2/c16-15-10-14(7-8-17-15)13-6-5-11-3-1-2-4-12(11)9-13/h5-10H,1-4H2,(H2,16,17). The van der Waals surface area contributed by atoms with Gasteiger partial charge in [0.15, 0.2) is 0 Å². The Kier molecular flexibility index (Phi) is 2.56. The number of nitrogens with zero attached hydrogens (tertiary/aromatic N) is 1. The number of fused-ring (bicyclic) bond motifs is 1. The second-order valence-corrected chi connectivity index (χ2v) is 4.66. The Bertz CT molecular complexity index is 546. The van der Waals surface area contributed by atoms with Gasteiger partial charge in [0.2, 0.25) is 0 Å². The quantitative estimate of drug-likeness (QED) is 0.807. The highest BCUT2D eigenvalue weighted by atomic mass is 14.8. The molecule has 1 aromatic carbocycles. The number of nitrogens with two attached hydrogens (primary N) is 1. The molecule has 0 saturated carbocycles. The molecule has 0 aliphatic heterocycles. The summed E-state index contributed by atoms with van der Waals surface area (Å²) < 4.78 is 0. The smallest absolute Gasteiger partial charge is 0.123 e.